The molecule has 1 aromatic rings. The first-order chi connectivity index (χ1) is 6.24. The Morgan fingerprint density at radius 3 is 3.08 bits per heavy atom. The van der Waals surface area contributed by atoms with Gasteiger partial charge in [0.2, 0.25) is 0 Å². The van der Waals surface area contributed by atoms with Crippen LogP contribution in [0.2, 0.25) is 5.15 Å². The van der Waals surface area contributed by atoms with Gasteiger partial charge < -0.3 is 5.11 Å². The van der Waals surface area contributed by atoms with Crippen LogP contribution in [-0.4, -0.2) is 10.1 Å². The van der Waals surface area contributed by atoms with Crippen LogP contribution in [0.5, 0.6) is 0 Å². The zero-order valence-electron chi connectivity index (χ0n) is 7.28. The molecule has 0 saturated carbocycles. The van der Waals surface area contributed by atoms with Crippen molar-refractivity contribution >= 4 is 11.6 Å². The highest BCUT2D eigenvalue weighted by Crippen LogP contribution is 2.19. The summed E-state index contributed by atoms with van der Waals surface area (Å²) in [7, 11) is 0. The van der Waals surface area contributed by atoms with Gasteiger partial charge in [-0.15, -0.1) is 6.58 Å². The molecule has 1 atom stereocenters. The van der Waals surface area contributed by atoms with E-state index < -0.39 is 6.10 Å². The Kier molecular flexibility index (Phi) is 3.93. The minimum absolute atomic E-state index is 0.412. The summed E-state index contributed by atoms with van der Waals surface area (Å²) in [5.74, 6) is 0. The molecular weight excluding hydrogens is 186 g/mol. The number of nitrogens with zero attached hydrogens (tertiary/aromatic N) is 1. The molecular formula is C10H12ClNO. The number of rotatable bonds is 4. The summed E-state index contributed by atoms with van der Waals surface area (Å²) in [5.41, 5.74) is 0.807. The first kappa shape index (κ1) is 10.2. The van der Waals surface area contributed by atoms with Crippen LogP contribution in [0.25, 0.3) is 0 Å². The monoisotopic (exact) mass is 197 g/mol. The van der Waals surface area contributed by atoms with Crippen molar-refractivity contribution in [2.45, 2.75) is 18.9 Å². The molecule has 0 aliphatic carbocycles. The van der Waals surface area contributed by atoms with E-state index in [2.05, 4.69) is 11.6 Å². The third-order valence-electron chi connectivity index (χ3n) is 1.78. The standard InChI is InChI=1S/C10H12ClNO/c1-2-3-4-9(13)8-5-6-12-10(11)7-8/h2,5-7,9,13H,1,3-4H2. The number of pyridine rings is 1. The molecule has 3 heteroatoms. The number of aromatic nitrogens is 1. The van der Waals surface area contributed by atoms with Crippen LogP contribution in [-0.2, 0) is 0 Å². The Morgan fingerprint density at radius 1 is 1.69 bits per heavy atom. The van der Waals surface area contributed by atoms with E-state index in [1.165, 1.54) is 0 Å². The molecule has 0 amide bonds. The molecule has 0 fully saturated rings. The SMILES string of the molecule is C=CCCC(O)c1ccnc(Cl)c1. The Morgan fingerprint density at radius 2 is 2.46 bits per heavy atom. The van der Waals surface area contributed by atoms with Crippen LogP contribution in [0.3, 0.4) is 0 Å². The number of hydrogen-bond donors (Lipinski definition) is 1. The molecule has 1 unspecified atom stereocenters. The van der Waals surface area contributed by atoms with Gasteiger partial charge in [-0.05, 0) is 30.5 Å². The van der Waals surface area contributed by atoms with Crippen molar-refractivity contribution in [1.29, 1.82) is 0 Å². The third-order valence-corrected chi connectivity index (χ3v) is 1.99. The summed E-state index contributed by atoms with van der Waals surface area (Å²) in [6.45, 7) is 3.59. The zero-order chi connectivity index (χ0) is 9.68. The van der Waals surface area contributed by atoms with E-state index in [0.29, 0.717) is 11.6 Å². The summed E-state index contributed by atoms with van der Waals surface area (Å²) >= 11 is 5.68. The Balaban J connectivity index is 2.65. The fourth-order valence-corrected chi connectivity index (χ4v) is 1.25. The van der Waals surface area contributed by atoms with Crippen molar-refractivity contribution in [2.75, 3.05) is 0 Å². The van der Waals surface area contributed by atoms with Crippen molar-refractivity contribution in [3.8, 4) is 0 Å². The second-order valence-electron chi connectivity index (χ2n) is 2.79. The molecule has 0 aliphatic rings. The predicted molar refractivity (Wildman–Crippen MR) is 53.6 cm³/mol. The smallest absolute Gasteiger partial charge is 0.129 e. The Labute approximate surface area is 82.9 Å². The van der Waals surface area contributed by atoms with Gasteiger partial charge >= 0.3 is 0 Å². The maximum absolute atomic E-state index is 9.64. The summed E-state index contributed by atoms with van der Waals surface area (Å²) in [4.78, 5) is 3.84. The average Bonchev–Trinajstić information content (AvgIpc) is 2.14. The summed E-state index contributed by atoms with van der Waals surface area (Å²) < 4.78 is 0. The van der Waals surface area contributed by atoms with Crippen molar-refractivity contribution in [3.63, 3.8) is 0 Å². The summed E-state index contributed by atoms with van der Waals surface area (Å²) in [5, 5.41) is 10.1. The molecule has 2 nitrogen and oxygen atoms in total. The summed E-state index contributed by atoms with van der Waals surface area (Å²) in [6, 6.07) is 3.44. The van der Waals surface area contributed by atoms with Crippen LogP contribution >= 0.6 is 11.6 Å². The van der Waals surface area contributed by atoms with E-state index in [0.717, 1.165) is 12.0 Å². The Hall–Kier alpha value is -0.860. The van der Waals surface area contributed by atoms with Crippen molar-refractivity contribution < 1.29 is 5.11 Å². The molecule has 0 spiro atoms. The number of allylic oxidation sites excluding steroid dienone is 1. The van der Waals surface area contributed by atoms with Crippen LogP contribution in [0, 0.1) is 0 Å². The number of hydrogen-bond acceptors (Lipinski definition) is 2. The van der Waals surface area contributed by atoms with Crippen molar-refractivity contribution in [1.82, 2.24) is 4.98 Å². The van der Waals surface area contributed by atoms with E-state index in [1.54, 1.807) is 24.4 Å². The topological polar surface area (TPSA) is 33.1 Å². The van der Waals surface area contributed by atoms with E-state index in [1.807, 2.05) is 0 Å². The molecule has 0 aromatic carbocycles. The molecule has 0 bridgehead atoms. The van der Waals surface area contributed by atoms with Gasteiger partial charge in [0.05, 0.1) is 6.10 Å². The van der Waals surface area contributed by atoms with E-state index in [-0.39, 0.29) is 0 Å². The molecule has 13 heavy (non-hydrogen) atoms. The number of aliphatic hydroxyl groups is 1. The quantitative estimate of drug-likeness (QED) is 0.595. The normalized spacial score (nSPS) is 12.5. The van der Waals surface area contributed by atoms with E-state index >= 15 is 0 Å². The molecule has 1 rings (SSSR count). The van der Waals surface area contributed by atoms with Crippen molar-refractivity contribution in [3.05, 3.63) is 41.7 Å². The minimum atomic E-state index is -0.474. The van der Waals surface area contributed by atoms with Crippen LogP contribution in [0.15, 0.2) is 31.0 Å². The van der Waals surface area contributed by atoms with E-state index in [9.17, 15) is 5.11 Å². The maximum atomic E-state index is 9.64. The fraction of sp³-hybridized carbons (Fsp3) is 0.300. The molecule has 0 aliphatic heterocycles. The lowest BCUT2D eigenvalue weighted by Crippen LogP contribution is -1.96. The highest BCUT2D eigenvalue weighted by Gasteiger charge is 2.06. The van der Waals surface area contributed by atoms with E-state index in [4.69, 9.17) is 11.6 Å². The molecule has 1 heterocycles. The predicted octanol–water partition coefficient (Wildman–Crippen LogP) is 2.73. The fourth-order valence-electron chi connectivity index (χ4n) is 1.07. The van der Waals surface area contributed by atoms with Gasteiger partial charge in [-0.2, -0.15) is 0 Å². The lowest BCUT2D eigenvalue weighted by atomic mass is 10.1. The summed E-state index contributed by atoms with van der Waals surface area (Å²) in [6.07, 6.45) is 4.37. The first-order valence-corrected chi connectivity index (χ1v) is 4.52. The molecule has 70 valence electrons. The highest BCUT2D eigenvalue weighted by molar-refractivity contribution is 6.29. The third kappa shape index (κ3) is 3.17. The highest BCUT2D eigenvalue weighted by atomic mass is 35.5. The second kappa shape index (κ2) is 5.00. The molecule has 0 saturated heterocycles. The lowest BCUT2D eigenvalue weighted by molar-refractivity contribution is 0.168. The van der Waals surface area contributed by atoms with Crippen LogP contribution in [0.1, 0.15) is 24.5 Å². The number of halogens is 1. The van der Waals surface area contributed by atoms with Gasteiger partial charge in [0.25, 0.3) is 0 Å². The lowest BCUT2D eigenvalue weighted by Gasteiger charge is -2.08. The minimum Gasteiger partial charge on any atom is -0.388 e. The van der Waals surface area contributed by atoms with Gasteiger partial charge in [-0.1, -0.05) is 17.7 Å². The van der Waals surface area contributed by atoms with Gasteiger partial charge in [-0.25, -0.2) is 4.98 Å². The molecule has 1 N–H and O–H groups in total. The van der Waals surface area contributed by atoms with Gasteiger partial charge in [-0.3, -0.25) is 0 Å². The maximum Gasteiger partial charge on any atom is 0.129 e. The molecule has 0 radical (unpaired) electrons. The second-order valence-corrected chi connectivity index (χ2v) is 3.18. The Bertz CT molecular complexity index is 288. The van der Waals surface area contributed by atoms with Crippen LogP contribution < -0.4 is 0 Å². The number of aliphatic hydroxyl groups excluding tert-OH is 1. The first-order valence-electron chi connectivity index (χ1n) is 4.14. The zero-order valence-corrected chi connectivity index (χ0v) is 8.04. The van der Waals surface area contributed by atoms with Crippen LogP contribution in [0.4, 0.5) is 0 Å². The van der Waals surface area contributed by atoms with Gasteiger partial charge in [0.1, 0.15) is 5.15 Å². The largest absolute Gasteiger partial charge is 0.388 e. The van der Waals surface area contributed by atoms with Gasteiger partial charge in [0.15, 0.2) is 0 Å². The molecule has 1 aromatic heterocycles. The van der Waals surface area contributed by atoms with Crippen molar-refractivity contribution in [2.24, 2.45) is 0 Å². The average molecular weight is 198 g/mol. The van der Waals surface area contributed by atoms with Gasteiger partial charge in [0, 0.05) is 6.20 Å².